The van der Waals surface area contributed by atoms with Crippen LogP contribution in [0.4, 0.5) is 5.69 Å². The number of guanidine groups is 1. The Morgan fingerprint density at radius 1 is 1.19 bits per heavy atom. The van der Waals surface area contributed by atoms with E-state index in [2.05, 4.69) is 21.5 Å². The Morgan fingerprint density at radius 3 is 2.54 bits per heavy atom. The van der Waals surface area contributed by atoms with Crippen LogP contribution in [0.3, 0.4) is 0 Å². The summed E-state index contributed by atoms with van der Waals surface area (Å²) in [5.41, 5.74) is 0.913. The molecule has 0 atom stereocenters. The van der Waals surface area contributed by atoms with Crippen LogP contribution in [0.15, 0.2) is 29.3 Å². The Balaban J connectivity index is 0.00000625. The van der Waals surface area contributed by atoms with Crippen molar-refractivity contribution < 1.29 is 14.2 Å². The van der Waals surface area contributed by atoms with E-state index in [1.165, 1.54) is 0 Å². The average molecular weight is 475 g/mol. The quantitative estimate of drug-likeness (QED) is 0.169. The summed E-state index contributed by atoms with van der Waals surface area (Å²) in [7, 11) is 1.66. The van der Waals surface area contributed by atoms with Crippen molar-refractivity contribution in [3.63, 3.8) is 0 Å². The summed E-state index contributed by atoms with van der Waals surface area (Å²) >= 11 is 0. The molecule has 6 nitrogen and oxygen atoms in total. The minimum atomic E-state index is 0. The molecule has 0 fully saturated rings. The molecular formula is C19H30IN3O3. The van der Waals surface area contributed by atoms with Gasteiger partial charge in [0.15, 0.2) is 5.96 Å². The zero-order chi connectivity index (χ0) is 18.3. The third-order valence-electron chi connectivity index (χ3n) is 3.00. The number of nitrogens with zero attached hydrogens (tertiary/aromatic N) is 1. The number of hydrogen-bond acceptors (Lipinski definition) is 4. The molecule has 0 aliphatic carbocycles. The highest BCUT2D eigenvalue weighted by molar-refractivity contribution is 14.0. The molecule has 0 aromatic heterocycles. The fourth-order valence-electron chi connectivity index (χ4n) is 1.90. The summed E-state index contributed by atoms with van der Waals surface area (Å²) in [5.74, 6) is 4.03. The molecular weight excluding hydrogens is 445 g/mol. The first-order valence-electron chi connectivity index (χ1n) is 8.48. The van der Waals surface area contributed by atoms with Gasteiger partial charge in [-0.3, -0.25) is 4.99 Å². The zero-order valence-corrected chi connectivity index (χ0v) is 18.1. The summed E-state index contributed by atoms with van der Waals surface area (Å²) in [5, 5.41) is 6.32. The third kappa shape index (κ3) is 12.0. The number of ether oxygens (including phenoxy) is 3. The summed E-state index contributed by atoms with van der Waals surface area (Å²) in [6.07, 6.45) is 6.29. The smallest absolute Gasteiger partial charge is 0.196 e. The minimum Gasteiger partial charge on any atom is -0.491 e. The van der Waals surface area contributed by atoms with Crippen LogP contribution in [0.2, 0.25) is 0 Å². The number of anilines is 1. The first-order valence-corrected chi connectivity index (χ1v) is 8.48. The molecule has 0 saturated carbocycles. The topological polar surface area (TPSA) is 64.1 Å². The van der Waals surface area contributed by atoms with E-state index < -0.39 is 0 Å². The van der Waals surface area contributed by atoms with E-state index in [4.69, 9.17) is 20.6 Å². The van der Waals surface area contributed by atoms with Gasteiger partial charge in [-0.15, -0.1) is 30.4 Å². The van der Waals surface area contributed by atoms with Gasteiger partial charge in [-0.2, -0.15) is 0 Å². The second-order valence-electron chi connectivity index (χ2n) is 5.56. The van der Waals surface area contributed by atoms with Gasteiger partial charge in [-0.25, -0.2) is 0 Å². The predicted octanol–water partition coefficient (Wildman–Crippen LogP) is 3.14. The molecule has 0 heterocycles. The van der Waals surface area contributed by atoms with Crippen molar-refractivity contribution in [1.29, 1.82) is 0 Å². The maximum absolute atomic E-state index is 5.64. The molecule has 26 heavy (non-hydrogen) atoms. The number of rotatable bonds is 11. The molecule has 0 spiro atoms. The number of benzene rings is 1. The molecule has 146 valence electrons. The second-order valence-corrected chi connectivity index (χ2v) is 5.56. The lowest BCUT2D eigenvalue weighted by atomic mass is 10.3. The monoisotopic (exact) mass is 475 g/mol. The van der Waals surface area contributed by atoms with Gasteiger partial charge < -0.3 is 24.8 Å². The summed E-state index contributed by atoms with van der Waals surface area (Å²) < 4.78 is 16.0. The Kier molecular flexibility index (Phi) is 14.8. The molecule has 7 heteroatoms. The number of nitrogens with one attached hydrogen (secondary N) is 2. The summed E-state index contributed by atoms with van der Waals surface area (Å²) in [6, 6.07) is 7.73. The van der Waals surface area contributed by atoms with Crippen LogP contribution in [0.25, 0.3) is 0 Å². The van der Waals surface area contributed by atoms with Crippen LogP contribution in [0, 0.1) is 12.3 Å². The number of methoxy groups -OCH3 is 1. The fraction of sp³-hybridized carbons (Fsp3) is 0.526. The molecule has 0 aliphatic heterocycles. The molecule has 0 bridgehead atoms. The number of aliphatic imine (C=N–C) groups is 1. The molecule has 0 unspecified atom stereocenters. The second kappa shape index (κ2) is 15.7. The molecule has 0 aliphatic rings. The van der Waals surface area contributed by atoms with E-state index in [1.807, 2.05) is 38.1 Å². The molecule has 1 aromatic rings. The summed E-state index contributed by atoms with van der Waals surface area (Å²) in [4.78, 5) is 4.50. The van der Waals surface area contributed by atoms with E-state index >= 15 is 0 Å². The molecule has 2 N–H and O–H groups in total. The van der Waals surface area contributed by atoms with E-state index in [0.29, 0.717) is 38.9 Å². The first-order chi connectivity index (χ1) is 12.2. The van der Waals surface area contributed by atoms with Gasteiger partial charge in [-0.05, 0) is 44.5 Å². The van der Waals surface area contributed by atoms with Gasteiger partial charge in [0.05, 0.1) is 25.9 Å². The largest absolute Gasteiger partial charge is 0.491 e. The van der Waals surface area contributed by atoms with Crippen LogP contribution in [-0.2, 0) is 9.47 Å². The molecule has 1 rings (SSSR count). The fourth-order valence-corrected chi connectivity index (χ4v) is 1.90. The van der Waals surface area contributed by atoms with Gasteiger partial charge in [0, 0.05) is 25.9 Å². The maximum atomic E-state index is 5.64. The van der Waals surface area contributed by atoms with Crippen LogP contribution in [0.1, 0.15) is 20.3 Å². The maximum Gasteiger partial charge on any atom is 0.196 e. The minimum absolute atomic E-state index is 0. The van der Waals surface area contributed by atoms with E-state index in [9.17, 15) is 0 Å². The van der Waals surface area contributed by atoms with Crippen molar-refractivity contribution in [2.75, 3.05) is 45.3 Å². The van der Waals surface area contributed by atoms with Crippen molar-refractivity contribution in [2.24, 2.45) is 4.99 Å². The first kappa shape index (κ1) is 24.5. The van der Waals surface area contributed by atoms with Crippen LogP contribution >= 0.6 is 24.0 Å². The van der Waals surface area contributed by atoms with Crippen molar-refractivity contribution in [3.05, 3.63) is 24.3 Å². The van der Waals surface area contributed by atoms with Gasteiger partial charge in [0.25, 0.3) is 0 Å². The normalized spacial score (nSPS) is 10.8. The lowest BCUT2D eigenvalue weighted by molar-refractivity contribution is 0.0702. The molecule has 0 radical (unpaired) electrons. The van der Waals surface area contributed by atoms with E-state index in [0.717, 1.165) is 17.9 Å². The molecule has 0 saturated heterocycles. The zero-order valence-electron chi connectivity index (χ0n) is 15.8. The highest BCUT2D eigenvalue weighted by Crippen LogP contribution is 2.16. The van der Waals surface area contributed by atoms with Crippen molar-refractivity contribution in [2.45, 2.75) is 26.4 Å². The number of terminal acetylenes is 1. The van der Waals surface area contributed by atoms with Gasteiger partial charge in [-0.1, -0.05) is 5.92 Å². The Hall–Kier alpha value is -1.50. The van der Waals surface area contributed by atoms with Gasteiger partial charge in [0.2, 0.25) is 0 Å². The predicted molar refractivity (Wildman–Crippen MR) is 118 cm³/mol. The average Bonchev–Trinajstić information content (AvgIpc) is 2.59. The lowest BCUT2D eigenvalue weighted by Gasteiger charge is -2.13. The van der Waals surface area contributed by atoms with Crippen molar-refractivity contribution in [1.82, 2.24) is 5.32 Å². The van der Waals surface area contributed by atoms with E-state index in [-0.39, 0.29) is 30.1 Å². The summed E-state index contributed by atoms with van der Waals surface area (Å²) in [6.45, 7) is 6.91. The molecule has 0 amide bonds. The highest BCUT2D eigenvalue weighted by atomic mass is 127. The highest BCUT2D eigenvalue weighted by Gasteiger charge is 2.01. The molecule has 1 aromatic carbocycles. The Morgan fingerprint density at radius 2 is 1.92 bits per heavy atom. The van der Waals surface area contributed by atoms with Gasteiger partial charge in [0.1, 0.15) is 5.75 Å². The SMILES string of the molecule is C#CCNC(=NCCCOCCOC)Nc1ccc(OC(C)C)cc1.I. The van der Waals surface area contributed by atoms with Gasteiger partial charge >= 0.3 is 0 Å². The van der Waals surface area contributed by atoms with Crippen molar-refractivity contribution >= 4 is 35.6 Å². The van der Waals surface area contributed by atoms with Crippen LogP contribution < -0.4 is 15.4 Å². The van der Waals surface area contributed by atoms with E-state index in [1.54, 1.807) is 7.11 Å². The Bertz CT molecular complexity index is 542. The Labute approximate surface area is 174 Å². The van der Waals surface area contributed by atoms with Crippen molar-refractivity contribution in [3.8, 4) is 18.1 Å². The third-order valence-corrected chi connectivity index (χ3v) is 3.00. The number of halogens is 1. The van der Waals surface area contributed by atoms with Crippen LogP contribution in [0.5, 0.6) is 5.75 Å². The van der Waals surface area contributed by atoms with Crippen LogP contribution in [-0.4, -0.2) is 52.1 Å². The standard InChI is InChI=1S/C19H29N3O3.HI/c1-5-11-20-19(21-12-6-13-24-15-14-23-4)22-17-7-9-18(10-8-17)25-16(2)3;/h1,7-10,16H,6,11-15H2,2-4H3,(H2,20,21,22);1H. The lowest BCUT2D eigenvalue weighted by Crippen LogP contribution is -2.31. The number of hydrogen-bond donors (Lipinski definition) is 2.